The second kappa shape index (κ2) is 4.18. The van der Waals surface area contributed by atoms with Gasteiger partial charge in [-0.3, -0.25) is 4.79 Å². The molecule has 0 radical (unpaired) electrons. The van der Waals surface area contributed by atoms with Gasteiger partial charge in [-0.25, -0.2) is 0 Å². The first-order valence-electron chi connectivity index (χ1n) is 5.30. The van der Waals surface area contributed by atoms with Crippen LogP contribution in [0.1, 0.15) is 18.4 Å². The Morgan fingerprint density at radius 3 is 2.81 bits per heavy atom. The zero-order valence-corrected chi connectivity index (χ0v) is 10.8. The van der Waals surface area contributed by atoms with Crippen molar-refractivity contribution in [2.45, 2.75) is 24.9 Å². The molecule has 16 heavy (non-hydrogen) atoms. The molecule has 0 heterocycles. The van der Waals surface area contributed by atoms with E-state index in [0.717, 1.165) is 22.9 Å². The van der Waals surface area contributed by atoms with E-state index >= 15 is 0 Å². The van der Waals surface area contributed by atoms with Crippen LogP contribution in [0, 0.1) is 0 Å². The van der Waals surface area contributed by atoms with Gasteiger partial charge in [0.2, 0.25) is 5.91 Å². The minimum atomic E-state index is -0.569. The highest BCUT2D eigenvalue weighted by molar-refractivity contribution is 9.10. The molecule has 0 unspecified atom stereocenters. The third kappa shape index (κ3) is 2.44. The number of nitrogens with two attached hydrogens (primary N) is 1. The molecule has 3 nitrogen and oxygen atoms in total. The van der Waals surface area contributed by atoms with Crippen molar-refractivity contribution in [3.05, 3.63) is 34.3 Å². The summed E-state index contributed by atoms with van der Waals surface area (Å²) in [5, 5.41) is 0. The van der Waals surface area contributed by atoms with Crippen LogP contribution in [0.2, 0.25) is 0 Å². The van der Waals surface area contributed by atoms with Crippen molar-refractivity contribution in [2.24, 2.45) is 5.73 Å². The molecule has 2 N–H and O–H groups in total. The van der Waals surface area contributed by atoms with Crippen LogP contribution in [0.25, 0.3) is 0 Å². The summed E-state index contributed by atoms with van der Waals surface area (Å²) >= 11 is 3.41. The first kappa shape index (κ1) is 11.6. The molecular formula is C12H15BrN2O. The fraction of sp³-hybridized carbons (Fsp3) is 0.417. The minimum Gasteiger partial charge on any atom is -0.340 e. The van der Waals surface area contributed by atoms with Crippen LogP contribution in [-0.2, 0) is 11.3 Å². The third-order valence-electron chi connectivity index (χ3n) is 2.87. The van der Waals surface area contributed by atoms with Crippen molar-refractivity contribution in [2.75, 3.05) is 7.05 Å². The Balaban J connectivity index is 2.02. The van der Waals surface area contributed by atoms with Crippen LogP contribution in [0.15, 0.2) is 28.7 Å². The molecule has 1 aromatic carbocycles. The SMILES string of the molecule is CN(Cc1cccc(Br)c1)C(=O)C1(N)CC1. The van der Waals surface area contributed by atoms with Gasteiger partial charge < -0.3 is 10.6 Å². The number of carbonyl (C=O) groups excluding carboxylic acids is 1. The minimum absolute atomic E-state index is 0.0486. The molecule has 0 aliphatic heterocycles. The van der Waals surface area contributed by atoms with E-state index < -0.39 is 5.54 Å². The normalized spacial score (nSPS) is 16.9. The number of hydrogen-bond acceptors (Lipinski definition) is 2. The Bertz CT molecular complexity index is 415. The summed E-state index contributed by atoms with van der Waals surface area (Å²) in [6.07, 6.45) is 1.63. The number of nitrogens with zero attached hydrogens (tertiary/aromatic N) is 1. The van der Waals surface area contributed by atoms with E-state index in [2.05, 4.69) is 15.9 Å². The Morgan fingerprint density at radius 1 is 1.56 bits per heavy atom. The molecule has 86 valence electrons. The predicted octanol–water partition coefficient (Wildman–Crippen LogP) is 1.90. The number of carbonyl (C=O) groups is 1. The van der Waals surface area contributed by atoms with Gasteiger partial charge in [0.15, 0.2) is 0 Å². The number of benzene rings is 1. The van der Waals surface area contributed by atoms with Crippen molar-refractivity contribution in [3.63, 3.8) is 0 Å². The lowest BCUT2D eigenvalue weighted by Gasteiger charge is -2.21. The first-order chi connectivity index (χ1) is 7.51. The molecule has 2 rings (SSSR count). The van der Waals surface area contributed by atoms with Gasteiger partial charge in [-0.1, -0.05) is 28.1 Å². The fourth-order valence-electron chi connectivity index (χ4n) is 1.71. The molecule has 0 spiro atoms. The summed E-state index contributed by atoms with van der Waals surface area (Å²) in [5.41, 5.74) is 6.41. The molecule has 1 fully saturated rings. The molecule has 0 saturated heterocycles. The molecule has 0 bridgehead atoms. The van der Waals surface area contributed by atoms with Crippen LogP contribution in [0.5, 0.6) is 0 Å². The molecule has 1 aliphatic carbocycles. The van der Waals surface area contributed by atoms with E-state index in [-0.39, 0.29) is 5.91 Å². The largest absolute Gasteiger partial charge is 0.340 e. The smallest absolute Gasteiger partial charge is 0.242 e. The predicted molar refractivity (Wildman–Crippen MR) is 66.8 cm³/mol. The zero-order chi connectivity index (χ0) is 11.8. The van der Waals surface area contributed by atoms with Gasteiger partial charge in [-0.2, -0.15) is 0 Å². The highest BCUT2D eigenvalue weighted by Gasteiger charge is 2.47. The van der Waals surface area contributed by atoms with Crippen LogP contribution in [0.3, 0.4) is 0 Å². The molecule has 0 aromatic heterocycles. The van der Waals surface area contributed by atoms with Gasteiger partial charge in [0.05, 0.1) is 5.54 Å². The molecule has 1 aromatic rings. The van der Waals surface area contributed by atoms with Crippen molar-refractivity contribution >= 4 is 21.8 Å². The Kier molecular flexibility index (Phi) is 3.04. The molecule has 0 atom stereocenters. The quantitative estimate of drug-likeness (QED) is 0.921. The maximum Gasteiger partial charge on any atom is 0.242 e. The zero-order valence-electron chi connectivity index (χ0n) is 9.24. The summed E-state index contributed by atoms with van der Waals surface area (Å²) in [4.78, 5) is 13.6. The topological polar surface area (TPSA) is 46.3 Å². The van der Waals surface area contributed by atoms with Gasteiger partial charge in [0, 0.05) is 18.1 Å². The number of amides is 1. The van der Waals surface area contributed by atoms with Crippen LogP contribution < -0.4 is 5.73 Å². The average Bonchev–Trinajstić information content (AvgIpc) is 2.96. The Morgan fingerprint density at radius 2 is 2.25 bits per heavy atom. The van der Waals surface area contributed by atoms with Crippen molar-refractivity contribution < 1.29 is 4.79 Å². The van der Waals surface area contributed by atoms with Gasteiger partial charge in [0.1, 0.15) is 0 Å². The van der Waals surface area contributed by atoms with E-state index in [1.54, 1.807) is 11.9 Å². The van der Waals surface area contributed by atoms with Gasteiger partial charge in [-0.15, -0.1) is 0 Å². The molecule has 1 saturated carbocycles. The first-order valence-corrected chi connectivity index (χ1v) is 6.09. The summed E-state index contributed by atoms with van der Waals surface area (Å²) in [6.45, 7) is 0.608. The van der Waals surface area contributed by atoms with Crippen LogP contribution in [0.4, 0.5) is 0 Å². The Hall–Kier alpha value is -0.870. The van der Waals surface area contributed by atoms with Gasteiger partial charge in [0.25, 0.3) is 0 Å². The van der Waals surface area contributed by atoms with Crippen LogP contribution in [-0.4, -0.2) is 23.4 Å². The summed E-state index contributed by atoms with van der Waals surface area (Å²) in [5.74, 6) is 0.0486. The number of rotatable bonds is 3. The van der Waals surface area contributed by atoms with Crippen molar-refractivity contribution in [1.29, 1.82) is 0 Å². The number of hydrogen-bond donors (Lipinski definition) is 1. The standard InChI is InChI=1S/C12H15BrN2O/c1-15(11(16)12(14)5-6-12)8-9-3-2-4-10(13)7-9/h2-4,7H,5-6,8,14H2,1H3. The summed E-state index contributed by atoms with van der Waals surface area (Å²) in [7, 11) is 1.80. The van der Waals surface area contributed by atoms with Gasteiger partial charge in [-0.05, 0) is 30.5 Å². The van der Waals surface area contributed by atoms with E-state index in [9.17, 15) is 4.79 Å². The highest BCUT2D eigenvalue weighted by atomic mass is 79.9. The van der Waals surface area contributed by atoms with E-state index in [0.29, 0.717) is 6.54 Å². The maximum atomic E-state index is 11.9. The lowest BCUT2D eigenvalue weighted by atomic mass is 10.2. The van der Waals surface area contributed by atoms with Crippen LogP contribution >= 0.6 is 15.9 Å². The lowest BCUT2D eigenvalue weighted by Crippen LogP contribution is -2.43. The van der Waals surface area contributed by atoms with Gasteiger partial charge >= 0.3 is 0 Å². The molecule has 1 amide bonds. The lowest BCUT2D eigenvalue weighted by molar-refractivity contribution is -0.132. The van der Waals surface area contributed by atoms with E-state index in [4.69, 9.17) is 5.73 Å². The highest BCUT2D eigenvalue weighted by Crippen LogP contribution is 2.34. The molecular weight excluding hydrogens is 268 g/mol. The second-order valence-electron chi connectivity index (χ2n) is 4.45. The molecule has 1 aliphatic rings. The number of likely N-dealkylation sites (N-methyl/N-ethyl adjacent to an activating group) is 1. The third-order valence-corrected chi connectivity index (χ3v) is 3.36. The second-order valence-corrected chi connectivity index (χ2v) is 5.36. The molecule has 4 heteroatoms. The summed E-state index contributed by atoms with van der Waals surface area (Å²) < 4.78 is 1.03. The Labute approximate surface area is 104 Å². The maximum absolute atomic E-state index is 11.9. The monoisotopic (exact) mass is 282 g/mol. The number of halogens is 1. The average molecular weight is 283 g/mol. The van der Waals surface area contributed by atoms with E-state index in [1.165, 1.54) is 0 Å². The van der Waals surface area contributed by atoms with Crippen molar-refractivity contribution in [1.82, 2.24) is 4.90 Å². The van der Waals surface area contributed by atoms with Crippen molar-refractivity contribution in [3.8, 4) is 0 Å². The van der Waals surface area contributed by atoms with E-state index in [1.807, 2.05) is 24.3 Å². The summed E-state index contributed by atoms with van der Waals surface area (Å²) in [6, 6.07) is 7.95. The fourth-order valence-corrected chi connectivity index (χ4v) is 2.16.